The molecule has 2 aromatic rings. The van der Waals surface area contributed by atoms with Crippen molar-refractivity contribution in [1.82, 2.24) is 5.32 Å². The van der Waals surface area contributed by atoms with Crippen molar-refractivity contribution < 1.29 is 4.74 Å². The van der Waals surface area contributed by atoms with Crippen LogP contribution in [0.15, 0.2) is 53.4 Å². The summed E-state index contributed by atoms with van der Waals surface area (Å²) in [6.07, 6.45) is 2.10. The first-order chi connectivity index (χ1) is 10.8. The second kappa shape index (κ2) is 5.98. The standard InChI is InChI=1S/C19H21NOS/c1-22-16-8-4-14(5-9-16)13-2-6-15(7-3-13)21-12-19-17-10-20-11-18(17)19/h2-9,17-20H,10-12H2,1H3/t17-,18?,19?/m1/s1. The Labute approximate surface area is 136 Å². The van der Waals surface area contributed by atoms with Crippen LogP contribution < -0.4 is 10.1 Å². The average Bonchev–Trinajstić information content (AvgIpc) is 3.01. The topological polar surface area (TPSA) is 21.3 Å². The van der Waals surface area contributed by atoms with E-state index in [1.807, 2.05) is 0 Å². The molecule has 2 aromatic carbocycles. The lowest BCUT2D eigenvalue weighted by Crippen LogP contribution is -2.17. The highest BCUT2D eigenvalue weighted by Crippen LogP contribution is 2.48. The highest BCUT2D eigenvalue weighted by molar-refractivity contribution is 7.98. The van der Waals surface area contributed by atoms with Gasteiger partial charge in [-0.2, -0.15) is 0 Å². The molecule has 3 atom stereocenters. The van der Waals surface area contributed by atoms with Crippen LogP contribution in [-0.2, 0) is 0 Å². The largest absolute Gasteiger partial charge is 0.493 e. The highest BCUT2D eigenvalue weighted by Gasteiger charge is 2.52. The zero-order valence-electron chi connectivity index (χ0n) is 12.8. The number of fused-ring (bicyclic) bond motifs is 1. The van der Waals surface area contributed by atoms with Crippen molar-refractivity contribution in [1.29, 1.82) is 0 Å². The average molecular weight is 311 g/mol. The van der Waals surface area contributed by atoms with E-state index in [1.165, 1.54) is 29.1 Å². The molecule has 3 heteroatoms. The molecule has 2 aliphatic rings. The molecule has 0 spiro atoms. The van der Waals surface area contributed by atoms with Crippen LogP contribution in [-0.4, -0.2) is 26.0 Å². The molecule has 2 fully saturated rings. The Hall–Kier alpha value is -1.45. The first-order valence-corrected chi connectivity index (χ1v) is 9.15. The highest BCUT2D eigenvalue weighted by atomic mass is 32.2. The van der Waals surface area contributed by atoms with E-state index >= 15 is 0 Å². The van der Waals surface area contributed by atoms with Gasteiger partial charge >= 0.3 is 0 Å². The number of rotatable bonds is 5. The third-order valence-electron chi connectivity index (χ3n) is 4.99. The number of thioether (sulfide) groups is 1. The molecule has 4 rings (SSSR count). The fourth-order valence-corrected chi connectivity index (χ4v) is 3.92. The summed E-state index contributed by atoms with van der Waals surface area (Å²) in [5.41, 5.74) is 2.50. The van der Waals surface area contributed by atoms with Gasteiger partial charge in [-0.1, -0.05) is 24.3 Å². The molecule has 22 heavy (non-hydrogen) atoms. The maximum absolute atomic E-state index is 5.96. The Kier molecular flexibility index (Phi) is 3.85. The fourth-order valence-electron chi connectivity index (χ4n) is 3.51. The van der Waals surface area contributed by atoms with Crippen LogP contribution in [0.5, 0.6) is 5.75 Å². The molecule has 1 N–H and O–H groups in total. The number of nitrogens with one attached hydrogen (secondary N) is 1. The molecule has 1 aliphatic carbocycles. The first kappa shape index (κ1) is 14.2. The molecule has 1 heterocycles. The van der Waals surface area contributed by atoms with E-state index in [9.17, 15) is 0 Å². The molecule has 1 saturated carbocycles. The van der Waals surface area contributed by atoms with Crippen LogP contribution in [0.2, 0.25) is 0 Å². The molecular formula is C19H21NOS. The van der Waals surface area contributed by atoms with Gasteiger partial charge in [0.2, 0.25) is 0 Å². The lowest BCUT2D eigenvalue weighted by Gasteiger charge is -2.09. The van der Waals surface area contributed by atoms with Gasteiger partial charge in [-0.25, -0.2) is 0 Å². The summed E-state index contributed by atoms with van der Waals surface area (Å²) in [6.45, 7) is 3.24. The molecule has 1 saturated heterocycles. The predicted octanol–water partition coefficient (Wildman–Crippen LogP) is 3.92. The van der Waals surface area contributed by atoms with Crippen LogP contribution in [0.4, 0.5) is 0 Å². The lowest BCUT2D eigenvalue weighted by atomic mass is 10.1. The van der Waals surface area contributed by atoms with Gasteiger partial charge in [0, 0.05) is 10.8 Å². The van der Waals surface area contributed by atoms with E-state index in [4.69, 9.17) is 4.74 Å². The molecule has 0 bridgehead atoms. The summed E-state index contributed by atoms with van der Waals surface area (Å²) < 4.78 is 5.96. The van der Waals surface area contributed by atoms with Crippen LogP contribution in [0, 0.1) is 17.8 Å². The third kappa shape index (κ3) is 2.75. The maximum Gasteiger partial charge on any atom is 0.119 e. The SMILES string of the molecule is CSc1ccc(-c2ccc(OCC3C4CNC[C@H]43)cc2)cc1. The number of benzene rings is 2. The molecule has 1 aliphatic heterocycles. The number of hydrogen-bond donors (Lipinski definition) is 1. The monoisotopic (exact) mass is 311 g/mol. The van der Waals surface area contributed by atoms with E-state index in [1.54, 1.807) is 11.8 Å². The van der Waals surface area contributed by atoms with E-state index in [2.05, 4.69) is 60.1 Å². The molecule has 0 aromatic heterocycles. The summed E-state index contributed by atoms with van der Waals surface area (Å²) in [6, 6.07) is 17.2. The van der Waals surface area contributed by atoms with E-state index in [0.717, 1.165) is 30.1 Å². The van der Waals surface area contributed by atoms with Crippen LogP contribution in [0.3, 0.4) is 0 Å². The number of piperidine rings is 1. The van der Waals surface area contributed by atoms with Gasteiger partial charge in [0.1, 0.15) is 5.75 Å². The van der Waals surface area contributed by atoms with Crippen molar-refractivity contribution in [2.45, 2.75) is 4.90 Å². The Morgan fingerprint density at radius 3 is 2.14 bits per heavy atom. The molecule has 114 valence electrons. The van der Waals surface area contributed by atoms with Gasteiger partial charge in [-0.15, -0.1) is 11.8 Å². The van der Waals surface area contributed by atoms with Crippen molar-refractivity contribution in [3.8, 4) is 16.9 Å². The van der Waals surface area contributed by atoms with Crippen molar-refractivity contribution >= 4 is 11.8 Å². The third-order valence-corrected chi connectivity index (χ3v) is 5.73. The van der Waals surface area contributed by atoms with Crippen molar-refractivity contribution in [2.75, 3.05) is 26.0 Å². The van der Waals surface area contributed by atoms with Gasteiger partial charge in [-0.3, -0.25) is 0 Å². The molecule has 2 nitrogen and oxygen atoms in total. The zero-order valence-corrected chi connectivity index (χ0v) is 13.6. The van der Waals surface area contributed by atoms with Gasteiger partial charge in [0.25, 0.3) is 0 Å². The van der Waals surface area contributed by atoms with Gasteiger partial charge in [0.15, 0.2) is 0 Å². The Bertz CT molecular complexity index is 627. The first-order valence-electron chi connectivity index (χ1n) is 7.93. The van der Waals surface area contributed by atoms with Gasteiger partial charge < -0.3 is 10.1 Å². The van der Waals surface area contributed by atoms with Crippen molar-refractivity contribution in [2.24, 2.45) is 17.8 Å². The molecule has 0 amide bonds. The Balaban J connectivity index is 1.37. The number of hydrogen-bond acceptors (Lipinski definition) is 3. The Morgan fingerprint density at radius 2 is 1.55 bits per heavy atom. The number of ether oxygens (including phenoxy) is 1. The van der Waals surface area contributed by atoms with E-state index in [-0.39, 0.29) is 0 Å². The van der Waals surface area contributed by atoms with Crippen molar-refractivity contribution in [3.05, 3.63) is 48.5 Å². The summed E-state index contributed by atoms with van der Waals surface area (Å²) in [5, 5.41) is 3.43. The van der Waals surface area contributed by atoms with Crippen LogP contribution in [0.1, 0.15) is 0 Å². The predicted molar refractivity (Wildman–Crippen MR) is 92.5 cm³/mol. The minimum atomic E-state index is 0.778. The van der Waals surface area contributed by atoms with Gasteiger partial charge in [-0.05, 0) is 66.6 Å². The second-order valence-corrected chi connectivity index (χ2v) is 7.09. The van der Waals surface area contributed by atoms with Crippen molar-refractivity contribution in [3.63, 3.8) is 0 Å². The summed E-state index contributed by atoms with van der Waals surface area (Å²) >= 11 is 1.77. The quantitative estimate of drug-likeness (QED) is 0.846. The Morgan fingerprint density at radius 1 is 0.955 bits per heavy atom. The maximum atomic E-state index is 5.96. The summed E-state index contributed by atoms with van der Waals surface area (Å²) in [7, 11) is 0. The second-order valence-electron chi connectivity index (χ2n) is 6.21. The molecule has 0 radical (unpaired) electrons. The van der Waals surface area contributed by atoms with Gasteiger partial charge in [0.05, 0.1) is 6.61 Å². The van der Waals surface area contributed by atoms with Crippen LogP contribution in [0.25, 0.3) is 11.1 Å². The van der Waals surface area contributed by atoms with E-state index < -0.39 is 0 Å². The normalized spacial score (nSPS) is 25.8. The minimum absolute atomic E-state index is 0.778. The van der Waals surface area contributed by atoms with Crippen LogP contribution >= 0.6 is 11.8 Å². The summed E-state index contributed by atoms with van der Waals surface area (Å²) in [5.74, 6) is 3.51. The molecule has 2 unspecified atom stereocenters. The zero-order chi connectivity index (χ0) is 14.9. The lowest BCUT2D eigenvalue weighted by molar-refractivity contribution is 0.280. The minimum Gasteiger partial charge on any atom is -0.493 e. The van der Waals surface area contributed by atoms with E-state index in [0.29, 0.717) is 0 Å². The molecular weight excluding hydrogens is 290 g/mol. The smallest absolute Gasteiger partial charge is 0.119 e. The fraction of sp³-hybridized carbons (Fsp3) is 0.368. The summed E-state index contributed by atoms with van der Waals surface area (Å²) in [4.78, 5) is 1.30.